The number of halogens is 1. The van der Waals surface area contributed by atoms with Crippen molar-refractivity contribution in [2.45, 2.75) is 0 Å². The average Bonchev–Trinajstić information content (AvgIpc) is 2.60. The molecule has 0 spiro atoms. The first-order valence-corrected chi connectivity index (χ1v) is 5.58. The van der Waals surface area contributed by atoms with Gasteiger partial charge in [0.05, 0.1) is 0 Å². The van der Waals surface area contributed by atoms with Gasteiger partial charge in [0, 0.05) is 6.08 Å². The summed E-state index contributed by atoms with van der Waals surface area (Å²) in [5, 5.41) is 0. The van der Waals surface area contributed by atoms with E-state index in [9.17, 15) is 4.79 Å². The summed E-state index contributed by atoms with van der Waals surface area (Å²) in [6.07, 6.45) is 7.19. The topological polar surface area (TPSA) is 26.3 Å². The molecule has 0 saturated heterocycles. The minimum Gasteiger partial charge on any atom is -0.423 e. The number of rotatable bonds is 2. The predicted octanol–water partition coefficient (Wildman–Crippen LogP) is 3.42. The number of hydrogen-bond acceptors (Lipinski definition) is 2. The number of carbonyl (C=O) groups is 1. The molecule has 2 rings (SSSR count). The first-order valence-electron chi connectivity index (χ1n) is 4.78. The van der Waals surface area contributed by atoms with E-state index in [1.807, 2.05) is 42.5 Å². The van der Waals surface area contributed by atoms with Gasteiger partial charge in [-0.15, -0.1) is 0 Å². The number of cyclic esters (lactones) is 1. The zero-order chi connectivity index (χ0) is 11.4. The molecule has 80 valence electrons. The molecule has 1 aliphatic rings. The summed E-state index contributed by atoms with van der Waals surface area (Å²) < 4.78 is 5.39. The van der Waals surface area contributed by atoms with Crippen molar-refractivity contribution in [3.05, 3.63) is 64.4 Å². The molecule has 3 heteroatoms. The van der Waals surface area contributed by atoms with Crippen LogP contribution in [0.1, 0.15) is 5.56 Å². The molecule has 0 N–H and O–H groups in total. The Morgan fingerprint density at radius 2 is 1.94 bits per heavy atom. The predicted molar refractivity (Wildman–Crippen MR) is 66.7 cm³/mol. The van der Waals surface area contributed by atoms with Gasteiger partial charge in [-0.3, -0.25) is 0 Å². The second-order valence-electron chi connectivity index (χ2n) is 3.22. The fourth-order valence-electron chi connectivity index (χ4n) is 1.27. The van der Waals surface area contributed by atoms with Crippen molar-refractivity contribution in [1.82, 2.24) is 0 Å². The highest BCUT2D eigenvalue weighted by Gasteiger charge is 2.17. The molecule has 16 heavy (non-hydrogen) atoms. The maximum Gasteiger partial charge on any atom is 0.350 e. The van der Waals surface area contributed by atoms with E-state index < -0.39 is 0 Å². The van der Waals surface area contributed by atoms with Crippen molar-refractivity contribution < 1.29 is 9.53 Å². The van der Waals surface area contributed by atoms with Gasteiger partial charge in [-0.05, 0) is 27.6 Å². The number of hydrogen-bond donors (Lipinski definition) is 0. The molecule has 1 aliphatic heterocycles. The molecule has 1 aromatic carbocycles. The van der Waals surface area contributed by atoms with Gasteiger partial charge >= 0.3 is 5.97 Å². The van der Waals surface area contributed by atoms with Crippen molar-refractivity contribution >= 4 is 28.0 Å². The molecule has 0 saturated carbocycles. The summed E-state index contributed by atoms with van der Waals surface area (Å²) in [6.45, 7) is 0. The Bertz CT molecular complexity index is 484. The molecule has 0 radical (unpaired) electrons. The van der Waals surface area contributed by atoms with Crippen LogP contribution >= 0.6 is 15.9 Å². The molecule has 0 bridgehead atoms. The Hall–Kier alpha value is -1.61. The van der Waals surface area contributed by atoms with Crippen LogP contribution in [0.25, 0.3) is 6.08 Å². The van der Waals surface area contributed by atoms with Crippen molar-refractivity contribution in [1.29, 1.82) is 0 Å². The van der Waals surface area contributed by atoms with Crippen LogP contribution in [0.4, 0.5) is 0 Å². The largest absolute Gasteiger partial charge is 0.423 e. The number of carbonyl (C=O) groups excluding carboxylic acids is 1. The van der Waals surface area contributed by atoms with Gasteiger partial charge in [-0.25, -0.2) is 4.79 Å². The van der Waals surface area contributed by atoms with Crippen molar-refractivity contribution in [3.8, 4) is 0 Å². The molecule has 0 aliphatic carbocycles. The SMILES string of the molecule is O=C1O/C(=C\C=C\c2ccccc2)C=C1Br. The molecule has 0 aromatic heterocycles. The van der Waals surface area contributed by atoms with Gasteiger partial charge in [0.25, 0.3) is 0 Å². The Balaban J connectivity index is 2.06. The molecule has 1 heterocycles. The van der Waals surface area contributed by atoms with E-state index in [1.165, 1.54) is 0 Å². The van der Waals surface area contributed by atoms with Gasteiger partial charge in [-0.2, -0.15) is 0 Å². The van der Waals surface area contributed by atoms with E-state index in [1.54, 1.807) is 12.2 Å². The molecule has 2 nitrogen and oxygen atoms in total. The lowest BCUT2D eigenvalue weighted by Gasteiger charge is -1.92. The monoisotopic (exact) mass is 276 g/mol. The number of esters is 1. The van der Waals surface area contributed by atoms with Crippen LogP contribution in [0.15, 0.2) is 58.8 Å². The summed E-state index contributed by atoms with van der Waals surface area (Å²) in [6, 6.07) is 9.91. The summed E-state index contributed by atoms with van der Waals surface area (Å²) in [5.41, 5.74) is 1.10. The molecule has 0 atom stereocenters. The van der Waals surface area contributed by atoms with Gasteiger partial charge in [-0.1, -0.05) is 42.5 Å². The molecule has 0 fully saturated rings. The van der Waals surface area contributed by atoms with Gasteiger partial charge in [0.2, 0.25) is 0 Å². The summed E-state index contributed by atoms with van der Waals surface area (Å²) in [5.74, 6) is 0.198. The van der Waals surface area contributed by atoms with E-state index in [-0.39, 0.29) is 5.97 Å². The van der Waals surface area contributed by atoms with Crippen LogP contribution < -0.4 is 0 Å². The second-order valence-corrected chi connectivity index (χ2v) is 4.07. The quantitative estimate of drug-likeness (QED) is 0.774. The summed E-state index contributed by atoms with van der Waals surface area (Å²) >= 11 is 3.10. The van der Waals surface area contributed by atoms with Crippen molar-refractivity contribution in [3.63, 3.8) is 0 Å². The summed E-state index contributed by atoms with van der Waals surface area (Å²) in [7, 11) is 0. The number of allylic oxidation sites excluding steroid dienone is 3. The van der Waals surface area contributed by atoms with E-state index in [2.05, 4.69) is 15.9 Å². The van der Waals surface area contributed by atoms with E-state index in [0.29, 0.717) is 10.2 Å². The molecule has 1 aromatic rings. The van der Waals surface area contributed by atoms with Crippen molar-refractivity contribution in [2.75, 3.05) is 0 Å². The third kappa shape index (κ3) is 2.70. The first-order chi connectivity index (χ1) is 7.75. The second kappa shape index (κ2) is 4.94. The molecule has 0 unspecified atom stereocenters. The average molecular weight is 277 g/mol. The number of ether oxygens (including phenoxy) is 1. The van der Waals surface area contributed by atoms with Crippen LogP contribution in [-0.2, 0) is 9.53 Å². The molecular weight excluding hydrogens is 268 g/mol. The van der Waals surface area contributed by atoms with Gasteiger partial charge < -0.3 is 4.74 Å². The third-order valence-electron chi connectivity index (χ3n) is 2.02. The zero-order valence-electron chi connectivity index (χ0n) is 8.39. The van der Waals surface area contributed by atoms with E-state index >= 15 is 0 Å². The molecule has 0 amide bonds. The Labute approximate surface area is 102 Å². The highest BCUT2D eigenvalue weighted by atomic mass is 79.9. The lowest BCUT2D eigenvalue weighted by atomic mass is 10.2. The molecular formula is C13H9BrO2. The fraction of sp³-hybridized carbons (Fsp3) is 0. The number of benzene rings is 1. The third-order valence-corrected chi connectivity index (χ3v) is 2.58. The van der Waals surface area contributed by atoms with Crippen LogP contribution in [0, 0.1) is 0 Å². The van der Waals surface area contributed by atoms with Crippen LogP contribution in [0.5, 0.6) is 0 Å². The minimum atomic E-state index is -0.348. The van der Waals surface area contributed by atoms with E-state index in [4.69, 9.17) is 4.74 Å². The first kappa shape index (κ1) is 10.9. The van der Waals surface area contributed by atoms with Crippen LogP contribution in [0.3, 0.4) is 0 Å². The standard InChI is InChI=1S/C13H9BrO2/c14-12-9-11(16-13(12)15)8-4-7-10-5-2-1-3-6-10/h1-9H/b7-4+,11-8-. The Morgan fingerprint density at radius 3 is 2.56 bits per heavy atom. The normalized spacial score (nSPS) is 17.9. The lowest BCUT2D eigenvalue weighted by Crippen LogP contribution is -1.92. The lowest BCUT2D eigenvalue weighted by molar-refractivity contribution is -0.132. The zero-order valence-corrected chi connectivity index (χ0v) is 9.98. The fourth-order valence-corrected chi connectivity index (χ4v) is 1.58. The van der Waals surface area contributed by atoms with Crippen LogP contribution in [-0.4, -0.2) is 5.97 Å². The smallest absolute Gasteiger partial charge is 0.350 e. The maximum atomic E-state index is 11.0. The van der Waals surface area contributed by atoms with Crippen LogP contribution in [0.2, 0.25) is 0 Å². The van der Waals surface area contributed by atoms with E-state index in [0.717, 1.165) is 5.56 Å². The maximum absolute atomic E-state index is 11.0. The Morgan fingerprint density at radius 1 is 1.19 bits per heavy atom. The van der Waals surface area contributed by atoms with Gasteiger partial charge in [0.15, 0.2) is 0 Å². The van der Waals surface area contributed by atoms with Gasteiger partial charge in [0.1, 0.15) is 10.2 Å². The van der Waals surface area contributed by atoms with Crippen molar-refractivity contribution in [2.24, 2.45) is 0 Å². The minimum absolute atomic E-state index is 0.348. The Kier molecular flexibility index (Phi) is 3.37. The highest BCUT2D eigenvalue weighted by molar-refractivity contribution is 9.12. The highest BCUT2D eigenvalue weighted by Crippen LogP contribution is 2.21. The summed E-state index contributed by atoms with van der Waals surface area (Å²) in [4.78, 5) is 11.0.